The van der Waals surface area contributed by atoms with Crippen molar-refractivity contribution in [3.05, 3.63) is 77.8 Å². The van der Waals surface area contributed by atoms with Gasteiger partial charge in [0.15, 0.2) is 5.78 Å². The molecule has 4 nitrogen and oxygen atoms in total. The van der Waals surface area contributed by atoms with E-state index in [9.17, 15) is 4.79 Å². The van der Waals surface area contributed by atoms with Crippen molar-refractivity contribution in [1.29, 1.82) is 0 Å². The number of halogens is 1. The second kappa shape index (κ2) is 7.32. The fraction of sp³-hybridized carbons (Fsp3) is 0.158. The first-order valence-corrected chi connectivity index (χ1v) is 8.03. The van der Waals surface area contributed by atoms with Crippen molar-refractivity contribution >= 4 is 17.4 Å². The second-order valence-electron chi connectivity index (χ2n) is 5.61. The zero-order chi connectivity index (χ0) is 16.9. The van der Waals surface area contributed by atoms with E-state index in [0.29, 0.717) is 28.6 Å². The zero-order valence-corrected chi connectivity index (χ0v) is 14.0. The Labute approximate surface area is 145 Å². The Balaban J connectivity index is 1.66. The third kappa shape index (κ3) is 4.03. The molecule has 122 valence electrons. The SMILES string of the molecule is CC(Cn1ccnc1)C(=O)c1ccc(Oc2cccc(Cl)c2)cc1. The number of hydrogen-bond donors (Lipinski definition) is 0. The zero-order valence-electron chi connectivity index (χ0n) is 13.2. The van der Waals surface area contributed by atoms with Crippen molar-refractivity contribution < 1.29 is 9.53 Å². The van der Waals surface area contributed by atoms with E-state index in [0.717, 1.165) is 0 Å². The summed E-state index contributed by atoms with van der Waals surface area (Å²) in [5, 5.41) is 0.618. The first-order valence-electron chi connectivity index (χ1n) is 7.65. The van der Waals surface area contributed by atoms with E-state index in [1.807, 2.05) is 29.8 Å². The summed E-state index contributed by atoms with van der Waals surface area (Å²) in [4.78, 5) is 16.5. The average Bonchev–Trinajstić information content (AvgIpc) is 3.08. The Kier molecular flexibility index (Phi) is 4.96. The molecule has 1 atom stereocenters. The van der Waals surface area contributed by atoms with Crippen LogP contribution in [0.4, 0.5) is 0 Å². The Morgan fingerprint density at radius 2 is 2.00 bits per heavy atom. The number of nitrogens with zero attached hydrogens (tertiary/aromatic N) is 2. The molecule has 0 spiro atoms. The molecule has 0 N–H and O–H groups in total. The maximum absolute atomic E-state index is 12.5. The molecule has 0 saturated heterocycles. The van der Waals surface area contributed by atoms with Gasteiger partial charge in [-0.25, -0.2) is 4.98 Å². The van der Waals surface area contributed by atoms with E-state index in [-0.39, 0.29) is 11.7 Å². The van der Waals surface area contributed by atoms with Crippen LogP contribution in [0.15, 0.2) is 67.3 Å². The van der Waals surface area contributed by atoms with Gasteiger partial charge in [-0.3, -0.25) is 4.79 Å². The average molecular weight is 341 g/mol. The molecule has 0 aliphatic heterocycles. The topological polar surface area (TPSA) is 44.1 Å². The van der Waals surface area contributed by atoms with Gasteiger partial charge in [-0.05, 0) is 42.5 Å². The number of aromatic nitrogens is 2. The highest BCUT2D eigenvalue weighted by Crippen LogP contribution is 2.25. The lowest BCUT2D eigenvalue weighted by Crippen LogP contribution is -2.17. The minimum atomic E-state index is -0.126. The number of benzene rings is 2. The summed E-state index contributed by atoms with van der Waals surface area (Å²) in [6, 6.07) is 14.3. The summed E-state index contributed by atoms with van der Waals surface area (Å²) in [6.07, 6.45) is 5.27. The number of ketones is 1. The molecule has 1 aromatic heterocycles. The standard InChI is InChI=1S/C19H17ClN2O2/c1-14(12-22-10-9-21-13-22)19(23)15-5-7-17(8-6-15)24-18-4-2-3-16(20)11-18/h2-11,13-14H,12H2,1H3. The first kappa shape index (κ1) is 16.3. The van der Waals surface area contributed by atoms with Gasteiger partial charge in [0.1, 0.15) is 11.5 Å². The van der Waals surface area contributed by atoms with Crippen LogP contribution in [0.3, 0.4) is 0 Å². The van der Waals surface area contributed by atoms with Gasteiger partial charge in [0.25, 0.3) is 0 Å². The molecular weight excluding hydrogens is 324 g/mol. The van der Waals surface area contributed by atoms with Gasteiger partial charge in [-0.1, -0.05) is 24.6 Å². The van der Waals surface area contributed by atoms with Crippen LogP contribution in [0, 0.1) is 5.92 Å². The molecule has 24 heavy (non-hydrogen) atoms. The normalized spacial score (nSPS) is 11.9. The number of carbonyl (C=O) groups is 1. The van der Waals surface area contributed by atoms with Crippen molar-refractivity contribution in [3.8, 4) is 11.5 Å². The highest BCUT2D eigenvalue weighted by Gasteiger charge is 2.15. The molecule has 3 rings (SSSR count). The number of rotatable bonds is 6. The number of Topliss-reactive ketones (excluding diaryl/α,β-unsaturated/α-hetero) is 1. The summed E-state index contributed by atoms with van der Waals surface area (Å²) in [6.45, 7) is 2.53. The predicted octanol–water partition coefficient (Wildman–Crippen LogP) is 4.85. The molecule has 0 aliphatic carbocycles. The van der Waals surface area contributed by atoms with Crippen molar-refractivity contribution in [2.45, 2.75) is 13.5 Å². The van der Waals surface area contributed by atoms with Crippen molar-refractivity contribution in [3.63, 3.8) is 0 Å². The van der Waals surface area contributed by atoms with E-state index >= 15 is 0 Å². The number of ether oxygens (including phenoxy) is 1. The van der Waals surface area contributed by atoms with Gasteiger partial charge < -0.3 is 9.30 Å². The molecule has 0 aliphatic rings. The quantitative estimate of drug-likeness (QED) is 0.602. The summed E-state index contributed by atoms with van der Waals surface area (Å²) in [5.41, 5.74) is 0.668. The minimum Gasteiger partial charge on any atom is -0.457 e. The molecule has 0 radical (unpaired) electrons. The number of imidazole rings is 1. The Morgan fingerprint density at radius 1 is 1.21 bits per heavy atom. The number of carbonyl (C=O) groups excluding carboxylic acids is 1. The van der Waals surface area contributed by atoms with Gasteiger partial charge in [0.05, 0.1) is 6.33 Å². The number of hydrogen-bond acceptors (Lipinski definition) is 3. The maximum atomic E-state index is 12.5. The Hall–Kier alpha value is -2.59. The summed E-state index contributed by atoms with van der Waals surface area (Å²) < 4.78 is 7.63. The smallest absolute Gasteiger partial charge is 0.167 e. The fourth-order valence-corrected chi connectivity index (χ4v) is 2.61. The summed E-state index contributed by atoms with van der Waals surface area (Å²) in [7, 11) is 0. The lowest BCUT2D eigenvalue weighted by Gasteiger charge is -2.12. The van der Waals surface area contributed by atoms with Crippen molar-refractivity contribution in [2.24, 2.45) is 5.92 Å². The molecule has 0 fully saturated rings. The van der Waals surface area contributed by atoms with Gasteiger partial charge in [0, 0.05) is 35.4 Å². The van der Waals surface area contributed by atoms with Crippen LogP contribution in [-0.2, 0) is 6.54 Å². The Bertz CT molecular complexity index is 814. The lowest BCUT2D eigenvalue weighted by molar-refractivity contribution is 0.0918. The van der Waals surface area contributed by atoms with E-state index in [4.69, 9.17) is 16.3 Å². The van der Waals surface area contributed by atoms with Gasteiger partial charge in [0.2, 0.25) is 0 Å². The first-order chi connectivity index (χ1) is 11.6. The molecule has 0 amide bonds. The molecule has 3 aromatic rings. The lowest BCUT2D eigenvalue weighted by atomic mass is 9.99. The molecular formula is C19H17ClN2O2. The maximum Gasteiger partial charge on any atom is 0.167 e. The van der Waals surface area contributed by atoms with Crippen LogP contribution in [0.25, 0.3) is 0 Å². The second-order valence-corrected chi connectivity index (χ2v) is 6.05. The van der Waals surface area contributed by atoms with Gasteiger partial charge in [-0.15, -0.1) is 0 Å². The molecule has 5 heteroatoms. The highest BCUT2D eigenvalue weighted by molar-refractivity contribution is 6.30. The van der Waals surface area contributed by atoms with E-state index in [2.05, 4.69) is 4.98 Å². The van der Waals surface area contributed by atoms with E-state index in [1.54, 1.807) is 48.9 Å². The van der Waals surface area contributed by atoms with E-state index in [1.165, 1.54) is 0 Å². The van der Waals surface area contributed by atoms with Gasteiger partial charge >= 0.3 is 0 Å². The molecule has 2 aromatic carbocycles. The third-order valence-corrected chi connectivity index (χ3v) is 3.90. The van der Waals surface area contributed by atoms with Gasteiger partial charge in [-0.2, -0.15) is 0 Å². The largest absolute Gasteiger partial charge is 0.457 e. The monoisotopic (exact) mass is 340 g/mol. The molecule has 1 unspecified atom stereocenters. The predicted molar refractivity (Wildman–Crippen MR) is 93.7 cm³/mol. The third-order valence-electron chi connectivity index (χ3n) is 3.66. The minimum absolute atomic E-state index is 0.0954. The van der Waals surface area contributed by atoms with Crippen LogP contribution in [-0.4, -0.2) is 15.3 Å². The van der Waals surface area contributed by atoms with Crippen LogP contribution in [0.1, 0.15) is 17.3 Å². The van der Waals surface area contributed by atoms with Crippen LogP contribution in [0.5, 0.6) is 11.5 Å². The van der Waals surface area contributed by atoms with Crippen LogP contribution >= 0.6 is 11.6 Å². The van der Waals surface area contributed by atoms with Crippen LogP contribution in [0.2, 0.25) is 5.02 Å². The van der Waals surface area contributed by atoms with Crippen molar-refractivity contribution in [1.82, 2.24) is 9.55 Å². The highest BCUT2D eigenvalue weighted by atomic mass is 35.5. The molecule has 1 heterocycles. The molecule has 0 bridgehead atoms. The Morgan fingerprint density at radius 3 is 2.67 bits per heavy atom. The van der Waals surface area contributed by atoms with E-state index < -0.39 is 0 Å². The molecule has 0 saturated carbocycles. The summed E-state index contributed by atoms with van der Waals surface area (Å²) in [5.74, 6) is 1.29. The summed E-state index contributed by atoms with van der Waals surface area (Å²) >= 11 is 5.94. The van der Waals surface area contributed by atoms with Crippen molar-refractivity contribution in [2.75, 3.05) is 0 Å². The van der Waals surface area contributed by atoms with Crippen LogP contribution < -0.4 is 4.74 Å². The fourth-order valence-electron chi connectivity index (χ4n) is 2.43.